The lowest BCUT2D eigenvalue weighted by atomic mass is 10.0. The average molecular weight is 380 g/mol. The summed E-state index contributed by atoms with van der Waals surface area (Å²) in [5.74, 6) is -1.30. The third kappa shape index (κ3) is 6.72. The Morgan fingerprint density at radius 3 is 2.21 bits per heavy atom. The monoisotopic (exact) mass is 380 g/mol. The van der Waals surface area contributed by atoms with Crippen molar-refractivity contribution < 1.29 is 19.1 Å². The molecule has 0 aliphatic heterocycles. The van der Waals surface area contributed by atoms with Gasteiger partial charge in [-0.15, -0.1) is 0 Å². The van der Waals surface area contributed by atoms with Crippen molar-refractivity contribution >= 4 is 23.9 Å². The summed E-state index contributed by atoms with van der Waals surface area (Å²) >= 11 is 0. The minimum atomic E-state index is -0.645. The van der Waals surface area contributed by atoms with Crippen molar-refractivity contribution in [3.05, 3.63) is 76.9 Å². The highest BCUT2D eigenvalue weighted by Gasteiger charge is 2.08. The summed E-state index contributed by atoms with van der Waals surface area (Å²) in [5, 5.41) is 0. The molecule has 0 unspecified atom stereocenters. The number of benzene rings is 2. The Labute approximate surface area is 164 Å². The predicted molar refractivity (Wildman–Crippen MR) is 107 cm³/mol. The van der Waals surface area contributed by atoms with Gasteiger partial charge in [0.1, 0.15) is 0 Å². The number of ether oxygens (including phenoxy) is 1. The summed E-state index contributed by atoms with van der Waals surface area (Å²) < 4.78 is 4.85. The highest BCUT2D eigenvalue weighted by Crippen LogP contribution is 2.15. The van der Waals surface area contributed by atoms with Gasteiger partial charge in [-0.2, -0.15) is 0 Å². The summed E-state index contributed by atoms with van der Waals surface area (Å²) in [4.78, 5) is 35.3. The van der Waals surface area contributed by atoms with Gasteiger partial charge in [-0.3, -0.25) is 20.4 Å². The second-order valence-corrected chi connectivity index (χ2v) is 6.63. The molecule has 0 saturated heterocycles. The zero-order valence-electron chi connectivity index (χ0n) is 16.2. The molecule has 0 saturated carbocycles. The molecule has 0 spiro atoms. The number of hydrogen-bond acceptors (Lipinski definition) is 4. The molecule has 0 bridgehead atoms. The summed E-state index contributed by atoms with van der Waals surface area (Å²) in [6.07, 6.45) is 2.87. The van der Waals surface area contributed by atoms with E-state index in [-0.39, 0.29) is 0 Å². The molecule has 0 aliphatic carbocycles. The number of hydrogen-bond donors (Lipinski definition) is 2. The van der Waals surface area contributed by atoms with Gasteiger partial charge in [0.15, 0.2) is 6.61 Å². The maximum atomic E-state index is 11.9. The molecule has 0 aromatic heterocycles. The summed E-state index contributed by atoms with van der Waals surface area (Å²) in [7, 11) is 0. The first-order valence-electron chi connectivity index (χ1n) is 8.96. The van der Waals surface area contributed by atoms with Crippen LogP contribution >= 0.6 is 0 Å². The zero-order chi connectivity index (χ0) is 20.5. The van der Waals surface area contributed by atoms with Gasteiger partial charge in [-0.25, -0.2) is 4.79 Å². The van der Waals surface area contributed by atoms with Crippen molar-refractivity contribution in [2.45, 2.75) is 26.7 Å². The second-order valence-electron chi connectivity index (χ2n) is 6.63. The first kappa shape index (κ1) is 20.9. The van der Waals surface area contributed by atoms with Crippen LogP contribution in [0.5, 0.6) is 0 Å². The number of nitrogens with one attached hydrogen (secondary N) is 2. The molecule has 0 atom stereocenters. The van der Waals surface area contributed by atoms with E-state index >= 15 is 0 Å². The number of carbonyl (C=O) groups excluding carboxylic acids is 3. The summed E-state index contributed by atoms with van der Waals surface area (Å²) in [6, 6.07) is 14.7. The largest absolute Gasteiger partial charge is 0.452 e. The number of rotatable bonds is 6. The molecule has 2 aromatic rings. The lowest BCUT2D eigenvalue weighted by Gasteiger charge is -2.07. The number of esters is 1. The molecule has 2 rings (SSSR count). The number of carbonyl (C=O) groups is 3. The Kier molecular flexibility index (Phi) is 7.51. The van der Waals surface area contributed by atoms with Crippen LogP contribution in [0.25, 0.3) is 6.08 Å². The van der Waals surface area contributed by atoms with Gasteiger partial charge in [0.2, 0.25) is 0 Å². The molecule has 6 nitrogen and oxygen atoms in total. The maximum absolute atomic E-state index is 11.9. The van der Waals surface area contributed by atoms with Crippen molar-refractivity contribution in [3.63, 3.8) is 0 Å². The van der Waals surface area contributed by atoms with Crippen LogP contribution in [0.15, 0.2) is 54.6 Å². The Morgan fingerprint density at radius 2 is 1.61 bits per heavy atom. The van der Waals surface area contributed by atoms with E-state index < -0.39 is 24.4 Å². The SMILES string of the molecule is Cc1ccc(C(=O)NNC(=O)COC(=O)C=Cc2ccc(C(C)C)cc2)cc1. The molecule has 146 valence electrons. The van der Waals surface area contributed by atoms with Crippen LogP contribution in [0.4, 0.5) is 0 Å². The first-order chi connectivity index (χ1) is 13.3. The molecule has 2 N–H and O–H groups in total. The van der Waals surface area contributed by atoms with Crippen molar-refractivity contribution in [1.29, 1.82) is 0 Å². The number of amides is 2. The van der Waals surface area contributed by atoms with E-state index in [1.807, 2.05) is 31.2 Å². The van der Waals surface area contributed by atoms with Gasteiger partial charge < -0.3 is 4.74 Å². The van der Waals surface area contributed by atoms with Crippen LogP contribution < -0.4 is 10.9 Å². The molecule has 0 aliphatic rings. The van der Waals surface area contributed by atoms with E-state index in [0.717, 1.165) is 11.1 Å². The normalized spacial score (nSPS) is 10.7. The molecule has 0 fully saturated rings. The third-order valence-corrected chi connectivity index (χ3v) is 3.99. The topological polar surface area (TPSA) is 84.5 Å². The molecule has 6 heteroatoms. The van der Waals surface area contributed by atoms with Gasteiger partial charge in [0.05, 0.1) is 0 Å². The quantitative estimate of drug-likeness (QED) is 0.458. The van der Waals surface area contributed by atoms with Gasteiger partial charge in [0, 0.05) is 11.6 Å². The van der Waals surface area contributed by atoms with E-state index in [1.54, 1.807) is 30.3 Å². The summed E-state index contributed by atoms with van der Waals surface area (Å²) in [5.41, 5.74) is 7.97. The lowest BCUT2D eigenvalue weighted by Crippen LogP contribution is -2.43. The van der Waals surface area contributed by atoms with Gasteiger partial charge in [-0.05, 0) is 42.2 Å². The highest BCUT2D eigenvalue weighted by molar-refractivity contribution is 5.95. The molecule has 28 heavy (non-hydrogen) atoms. The molecular weight excluding hydrogens is 356 g/mol. The predicted octanol–water partition coefficient (Wildman–Crippen LogP) is 3.14. The van der Waals surface area contributed by atoms with Crippen LogP contribution in [0.2, 0.25) is 0 Å². The minimum absolute atomic E-state index is 0.411. The molecular formula is C22H24N2O4. The van der Waals surface area contributed by atoms with Gasteiger partial charge in [0.25, 0.3) is 11.8 Å². The van der Waals surface area contributed by atoms with Crippen LogP contribution in [0, 0.1) is 6.92 Å². The fraction of sp³-hybridized carbons (Fsp3) is 0.227. The zero-order valence-corrected chi connectivity index (χ0v) is 16.2. The molecule has 2 aromatic carbocycles. The second kappa shape index (κ2) is 10.1. The maximum Gasteiger partial charge on any atom is 0.331 e. The average Bonchev–Trinajstić information content (AvgIpc) is 2.69. The fourth-order valence-corrected chi connectivity index (χ4v) is 2.28. The van der Waals surface area contributed by atoms with Gasteiger partial charge in [-0.1, -0.05) is 55.8 Å². The lowest BCUT2D eigenvalue weighted by molar-refractivity contribution is -0.144. The van der Waals surface area contributed by atoms with Crippen molar-refractivity contribution in [2.24, 2.45) is 0 Å². The Hall–Kier alpha value is -3.41. The molecule has 2 amide bonds. The summed E-state index contributed by atoms with van der Waals surface area (Å²) in [6.45, 7) is 5.63. The fourth-order valence-electron chi connectivity index (χ4n) is 2.28. The Morgan fingerprint density at radius 1 is 0.964 bits per heavy atom. The van der Waals surface area contributed by atoms with Crippen molar-refractivity contribution in [2.75, 3.05) is 6.61 Å². The van der Waals surface area contributed by atoms with E-state index in [1.165, 1.54) is 11.6 Å². The van der Waals surface area contributed by atoms with Gasteiger partial charge >= 0.3 is 5.97 Å². The number of hydrazine groups is 1. The minimum Gasteiger partial charge on any atom is -0.452 e. The van der Waals surface area contributed by atoms with Crippen LogP contribution in [-0.2, 0) is 14.3 Å². The Bertz CT molecular complexity index is 853. The van der Waals surface area contributed by atoms with Crippen LogP contribution in [-0.4, -0.2) is 24.4 Å². The highest BCUT2D eigenvalue weighted by atomic mass is 16.5. The van der Waals surface area contributed by atoms with Crippen LogP contribution in [0.1, 0.15) is 46.8 Å². The number of aryl methyl sites for hydroxylation is 1. The standard InChI is InChI=1S/C22H24N2O4/c1-15(2)18-11-6-17(7-12-18)8-13-21(26)28-14-20(25)23-24-22(27)19-9-4-16(3)5-10-19/h4-13,15H,14H2,1-3H3,(H,23,25)(H,24,27). The van der Waals surface area contributed by atoms with E-state index in [4.69, 9.17) is 4.74 Å². The smallest absolute Gasteiger partial charge is 0.331 e. The first-order valence-corrected chi connectivity index (χ1v) is 8.96. The third-order valence-electron chi connectivity index (χ3n) is 3.99. The van der Waals surface area contributed by atoms with E-state index in [2.05, 4.69) is 24.7 Å². The van der Waals surface area contributed by atoms with E-state index in [0.29, 0.717) is 11.5 Å². The molecule has 0 radical (unpaired) electrons. The van der Waals surface area contributed by atoms with Crippen molar-refractivity contribution in [3.8, 4) is 0 Å². The molecule has 0 heterocycles. The van der Waals surface area contributed by atoms with E-state index in [9.17, 15) is 14.4 Å². The van der Waals surface area contributed by atoms with Crippen molar-refractivity contribution in [1.82, 2.24) is 10.9 Å². The Balaban J connectivity index is 1.73. The van der Waals surface area contributed by atoms with Crippen LogP contribution in [0.3, 0.4) is 0 Å².